The maximum atomic E-state index is 12.6. The number of fused-ring (bicyclic) bond motifs is 1. The van der Waals surface area contributed by atoms with Crippen LogP contribution in [-0.2, 0) is 14.3 Å². The van der Waals surface area contributed by atoms with Crippen LogP contribution in [-0.4, -0.2) is 49.6 Å². The maximum Gasteiger partial charge on any atom is 0.281 e. The van der Waals surface area contributed by atoms with Crippen LogP contribution < -0.4 is 5.32 Å². The monoisotopic (exact) mass is 385 g/mol. The molecule has 0 saturated carbocycles. The summed E-state index contributed by atoms with van der Waals surface area (Å²) in [7, 11) is 3.04. The van der Waals surface area contributed by atoms with E-state index in [2.05, 4.69) is 15.3 Å². The van der Waals surface area contributed by atoms with E-state index < -0.39 is 17.9 Å². The van der Waals surface area contributed by atoms with Crippen LogP contribution in [0.2, 0.25) is 0 Å². The Balaban J connectivity index is 1.94. The van der Waals surface area contributed by atoms with Gasteiger partial charge in [0.1, 0.15) is 11.9 Å². The third kappa shape index (κ3) is 4.01. The van der Waals surface area contributed by atoms with Crippen molar-refractivity contribution in [1.29, 1.82) is 0 Å². The Morgan fingerprint density at radius 2 is 2.11 bits per heavy atom. The molecule has 1 N–H and O–H groups in total. The van der Waals surface area contributed by atoms with Gasteiger partial charge in [-0.15, -0.1) is 11.8 Å². The summed E-state index contributed by atoms with van der Waals surface area (Å²) in [4.78, 5) is 34.1. The molecule has 0 radical (unpaired) electrons. The topological polar surface area (TPSA) is 89.3 Å². The number of guanidine groups is 1. The molecule has 1 aromatic carbocycles. The lowest BCUT2D eigenvalue weighted by Gasteiger charge is -2.24. The molecular formula is C19H19N3O4S. The van der Waals surface area contributed by atoms with Crippen LogP contribution in [0.25, 0.3) is 0 Å². The number of carbonyl (C=O) groups excluding carboxylic acids is 2. The number of benzene rings is 1. The van der Waals surface area contributed by atoms with Gasteiger partial charge in [0.2, 0.25) is 5.96 Å². The van der Waals surface area contributed by atoms with E-state index >= 15 is 0 Å². The molecule has 1 aliphatic carbocycles. The largest absolute Gasteiger partial charge is 0.498 e. The summed E-state index contributed by atoms with van der Waals surface area (Å²) in [6.45, 7) is 2.01. The Bertz CT molecular complexity index is 902. The summed E-state index contributed by atoms with van der Waals surface area (Å²) < 4.78 is 10.6. The summed E-state index contributed by atoms with van der Waals surface area (Å²) in [6.07, 6.45) is 2.77. The summed E-state index contributed by atoms with van der Waals surface area (Å²) in [6, 6.07) is 7.22. The zero-order valence-corrected chi connectivity index (χ0v) is 16.0. The number of aliphatic imine (C=N–C) groups is 2. The van der Waals surface area contributed by atoms with Gasteiger partial charge in [0.05, 0.1) is 24.0 Å². The molecule has 7 nitrogen and oxygen atoms in total. The van der Waals surface area contributed by atoms with Crippen molar-refractivity contribution in [3.63, 3.8) is 0 Å². The highest BCUT2D eigenvalue weighted by atomic mass is 32.2. The highest BCUT2D eigenvalue weighted by Gasteiger charge is 2.30. The van der Waals surface area contributed by atoms with Gasteiger partial charge in [-0.1, -0.05) is 19.1 Å². The fourth-order valence-corrected chi connectivity index (χ4v) is 3.50. The molecule has 140 valence electrons. The first-order valence-electron chi connectivity index (χ1n) is 8.32. The average Bonchev–Trinajstić information content (AvgIpc) is 2.67. The van der Waals surface area contributed by atoms with Crippen molar-refractivity contribution in [2.24, 2.45) is 9.98 Å². The van der Waals surface area contributed by atoms with Gasteiger partial charge >= 0.3 is 0 Å². The van der Waals surface area contributed by atoms with E-state index in [4.69, 9.17) is 9.47 Å². The summed E-state index contributed by atoms with van der Waals surface area (Å²) in [5, 5.41) is 2.55. The predicted molar refractivity (Wildman–Crippen MR) is 104 cm³/mol. The third-order valence-electron chi connectivity index (χ3n) is 3.96. The van der Waals surface area contributed by atoms with Gasteiger partial charge in [-0.3, -0.25) is 14.9 Å². The molecule has 0 saturated heterocycles. The standard InChI is InChI=1S/C19H19N3O4S/c1-4-27-16-8-6-5-7-11(16)17(23)21-19-20-13-10-15(26-3)14(25-2)9-12(13)18(24)22-19/h5-10,14H,4H2,1-3H3,(H,21,22,23,24). The van der Waals surface area contributed by atoms with Gasteiger partial charge in [0.15, 0.2) is 0 Å². The number of nitrogens with one attached hydrogen (secondary N) is 1. The molecule has 3 rings (SSSR count). The minimum absolute atomic E-state index is 0.0454. The minimum atomic E-state index is -0.465. The third-order valence-corrected chi connectivity index (χ3v) is 4.92. The number of carbonyl (C=O) groups is 2. The number of ether oxygens (including phenoxy) is 2. The molecule has 1 atom stereocenters. The highest BCUT2D eigenvalue weighted by molar-refractivity contribution is 7.99. The van der Waals surface area contributed by atoms with Gasteiger partial charge in [-0.2, -0.15) is 4.99 Å². The molecule has 2 amide bonds. The second-order valence-corrected chi connectivity index (χ2v) is 6.91. The van der Waals surface area contributed by atoms with Crippen LogP contribution in [0.1, 0.15) is 17.3 Å². The normalized spacial score (nSPS) is 20.3. The zero-order chi connectivity index (χ0) is 19.4. The molecular weight excluding hydrogens is 366 g/mol. The Kier molecular flexibility index (Phi) is 5.88. The zero-order valence-electron chi connectivity index (χ0n) is 15.2. The molecule has 1 heterocycles. The average molecular weight is 385 g/mol. The number of hydrogen-bond donors (Lipinski definition) is 1. The van der Waals surface area contributed by atoms with Gasteiger partial charge < -0.3 is 9.47 Å². The number of nitrogens with zero attached hydrogens (tertiary/aromatic N) is 2. The van der Waals surface area contributed by atoms with Crippen LogP contribution in [0.4, 0.5) is 0 Å². The van der Waals surface area contributed by atoms with E-state index in [1.165, 1.54) is 14.2 Å². The Labute approximate surface area is 161 Å². The number of allylic oxidation sites excluding steroid dienone is 1. The summed E-state index contributed by atoms with van der Waals surface area (Å²) >= 11 is 1.55. The molecule has 2 aliphatic rings. The van der Waals surface area contributed by atoms with Crippen molar-refractivity contribution in [3.8, 4) is 0 Å². The second-order valence-electron chi connectivity index (χ2n) is 5.61. The Morgan fingerprint density at radius 3 is 2.81 bits per heavy atom. The Hall–Kier alpha value is -2.71. The van der Waals surface area contributed by atoms with Gasteiger partial charge in [-0.25, -0.2) is 4.99 Å². The van der Waals surface area contributed by atoms with Gasteiger partial charge in [0.25, 0.3) is 11.8 Å². The number of rotatable bonds is 5. The fourth-order valence-electron chi connectivity index (χ4n) is 2.70. The lowest BCUT2D eigenvalue weighted by atomic mass is 9.98. The second kappa shape index (κ2) is 8.32. The van der Waals surface area contributed by atoms with E-state index in [1.54, 1.807) is 36.0 Å². The first-order chi connectivity index (χ1) is 13.1. The van der Waals surface area contributed by atoms with Crippen LogP contribution in [0, 0.1) is 0 Å². The molecule has 27 heavy (non-hydrogen) atoms. The van der Waals surface area contributed by atoms with Crippen LogP contribution in [0.15, 0.2) is 62.6 Å². The van der Waals surface area contributed by atoms with E-state index in [-0.39, 0.29) is 5.96 Å². The van der Waals surface area contributed by atoms with E-state index in [9.17, 15) is 9.59 Å². The SMILES string of the molecule is CCSc1ccccc1C(=O)N=C1N=C2C=C(OC)C(OC)C=C2C(=O)N1. The summed E-state index contributed by atoms with van der Waals surface area (Å²) in [5.74, 6) is 0.455. The van der Waals surface area contributed by atoms with E-state index in [0.29, 0.717) is 22.6 Å². The number of hydrogen-bond acceptors (Lipinski definition) is 5. The van der Waals surface area contributed by atoms with Gasteiger partial charge in [0, 0.05) is 18.1 Å². The van der Waals surface area contributed by atoms with Crippen LogP contribution in [0.5, 0.6) is 0 Å². The molecule has 1 aromatic rings. The number of thioether (sulfide) groups is 1. The lowest BCUT2D eigenvalue weighted by molar-refractivity contribution is -0.115. The fraction of sp³-hybridized carbons (Fsp3) is 0.263. The molecule has 8 heteroatoms. The molecule has 1 aliphatic heterocycles. The minimum Gasteiger partial charge on any atom is -0.498 e. The molecule has 0 bridgehead atoms. The van der Waals surface area contributed by atoms with Crippen LogP contribution >= 0.6 is 11.8 Å². The van der Waals surface area contributed by atoms with E-state index in [0.717, 1.165) is 10.6 Å². The van der Waals surface area contributed by atoms with Crippen molar-refractivity contribution < 1.29 is 19.1 Å². The Morgan fingerprint density at radius 1 is 1.33 bits per heavy atom. The van der Waals surface area contributed by atoms with Crippen molar-refractivity contribution in [2.45, 2.75) is 17.9 Å². The highest BCUT2D eigenvalue weighted by Crippen LogP contribution is 2.24. The molecule has 1 unspecified atom stereocenters. The van der Waals surface area contributed by atoms with Gasteiger partial charge in [-0.05, 0) is 24.0 Å². The van der Waals surface area contributed by atoms with E-state index in [1.807, 2.05) is 19.1 Å². The first kappa shape index (κ1) is 19.1. The number of methoxy groups -OCH3 is 2. The van der Waals surface area contributed by atoms with Crippen molar-refractivity contribution in [3.05, 3.63) is 53.3 Å². The smallest absolute Gasteiger partial charge is 0.281 e. The van der Waals surface area contributed by atoms with Crippen molar-refractivity contribution in [1.82, 2.24) is 5.32 Å². The predicted octanol–water partition coefficient (Wildman–Crippen LogP) is 2.35. The quantitative estimate of drug-likeness (QED) is 0.786. The summed E-state index contributed by atoms with van der Waals surface area (Å²) in [5.41, 5.74) is 1.21. The van der Waals surface area contributed by atoms with Crippen molar-refractivity contribution >= 4 is 35.2 Å². The number of amides is 2. The maximum absolute atomic E-state index is 12.6. The molecule has 0 spiro atoms. The van der Waals surface area contributed by atoms with Crippen LogP contribution in [0.3, 0.4) is 0 Å². The van der Waals surface area contributed by atoms with Crippen molar-refractivity contribution in [2.75, 3.05) is 20.0 Å². The molecule has 0 aromatic heterocycles. The first-order valence-corrected chi connectivity index (χ1v) is 9.31. The molecule has 0 fully saturated rings. The lowest BCUT2D eigenvalue weighted by Crippen LogP contribution is -2.40.